The SMILES string of the molecule is CC[C@@H]1C(=O)CC[C@@]2(C)C1CC[C@H]1[C@@H]3CC[C@H](O)[C@@]3(C)CC[C@@H]12. The van der Waals surface area contributed by atoms with Crippen molar-refractivity contribution in [3.05, 3.63) is 0 Å². The fraction of sp³-hybridized carbons (Fsp3) is 0.952. The van der Waals surface area contributed by atoms with Crippen molar-refractivity contribution in [2.75, 3.05) is 0 Å². The molecule has 0 aromatic rings. The second-order valence-electron chi connectivity index (χ2n) is 9.69. The van der Waals surface area contributed by atoms with Gasteiger partial charge in [0.15, 0.2) is 0 Å². The number of aliphatic hydroxyl groups excluding tert-OH is 1. The molecule has 8 atom stereocenters. The van der Waals surface area contributed by atoms with E-state index in [9.17, 15) is 9.90 Å². The summed E-state index contributed by atoms with van der Waals surface area (Å²) in [6.45, 7) is 7.10. The van der Waals surface area contributed by atoms with E-state index in [0.717, 1.165) is 43.4 Å². The Morgan fingerprint density at radius 3 is 2.39 bits per heavy atom. The lowest BCUT2D eigenvalue weighted by Gasteiger charge is -2.61. The Bertz CT molecular complexity index is 500. The lowest BCUT2D eigenvalue weighted by Crippen LogP contribution is -2.56. The number of carbonyl (C=O) groups is 1. The molecule has 0 aromatic heterocycles. The average Bonchev–Trinajstić information content (AvgIpc) is 2.83. The normalized spacial score (nSPS) is 55.9. The molecule has 4 fully saturated rings. The highest BCUT2D eigenvalue weighted by Crippen LogP contribution is 2.66. The Balaban J connectivity index is 1.65. The second-order valence-corrected chi connectivity index (χ2v) is 9.69. The van der Waals surface area contributed by atoms with Crippen LogP contribution in [-0.4, -0.2) is 17.0 Å². The number of fused-ring (bicyclic) bond motifs is 5. The predicted molar refractivity (Wildman–Crippen MR) is 91.9 cm³/mol. The van der Waals surface area contributed by atoms with Crippen LogP contribution in [0.2, 0.25) is 0 Å². The zero-order valence-corrected chi connectivity index (χ0v) is 15.2. The third-order valence-corrected chi connectivity index (χ3v) is 9.14. The van der Waals surface area contributed by atoms with Crippen LogP contribution in [0.1, 0.15) is 78.6 Å². The maximum atomic E-state index is 12.4. The van der Waals surface area contributed by atoms with Gasteiger partial charge in [-0.15, -0.1) is 0 Å². The van der Waals surface area contributed by atoms with Crippen LogP contribution in [0.5, 0.6) is 0 Å². The highest BCUT2D eigenvalue weighted by atomic mass is 16.3. The van der Waals surface area contributed by atoms with Crippen molar-refractivity contribution in [3.63, 3.8) is 0 Å². The highest BCUT2D eigenvalue weighted by Gasteiger charge is 2.61. The molecule has 0 heterocycles. The first kappa shape index (κ1) is 16.1. The summed E-state index contributed by atoms with van der Waals surface area (Å²) in [6.07, 6.45) is 10.2. The van der Waals surface area contributed by atoms with Gasteiger partial charge in [-0.1, -0.05) is 20.8 Å². The first-order chi connectivity index (χ1) is 10.9. The number of hydrogen-bond acceptors (Lipinski definition) is 2. The topological polar surface area (TPSA) is 37.3 Å². The van der Waals surface area contributed by atoms with Gasteiger partial charge in [0.25, 0.3) is 0 Å². The summed E-state index contributed by atoms with van der Waals surface area (Å²) in [5.74, 6) is 3.84. The van der Waals surface area contributed by atoms with E-state index in [4.69, 9.17) is 0 Å². The average molecular weight is 319 g/mol. The Labute approximate surface area is 141 Å². The zero-order chi connectivity index (χ0) is 16.4. The smallest absolute Gasteiger partial charge is 0.136 e. The molecule has 4 saturated carbocycles. The molecule has 0 radical (unpaired) electrons. The number of ketones is 1. The molecule has 4 aliphatic carbocycles. The van der Waals surface area contributed by atoms with Gasteiger partial charge in [0.1, 0.15) is 5.78 Å². The van der Waals surface area contributed by atoms with E-state index < -0.39 is 0 Å². The molecule has 4 rings (SSSR count). The van der Waals surface area contributed by atoms with Gasteiger partial charge in [0, 0.05) is 12.3 Å². The summed E-state index contributed by atoms with van der Waals surface area (Å²) in [4.78, 5) is 12.4. The summed E-state index contributed by atoms with van der Waals surface area (Å²) in [5.41, 5.74) is 0.561. The van der Waals surface area contributed by atoms with E-state index in [1.807, 2.05) is 0 Å². The van der Waals surface area contributed by atoms with Crippen LogP contribution in [0, 0.1) is 40.4 Å². The monoisotopic (exact) mass is 318 g/mol. The molecule has 23 heavy (non-hydrogen) atoms. The van der Waals surface area contributed by atoms with Crippen molar-refractivity contribution >= 4 is 5.78 Å². The van der Waals surface area contributed by atoms with Crippen molar-refractivity contribution in [1.82, 2.24) is 0 Å². The number of rotatable bonds is 1. The molecular formula is C21H34O2. The minimum atomic E-state index is -0.0738. The minimum absolute atomic E-state index is 0.0738. The molecule has 4 aliphatic rings. The van der Waals surface area contributed by atoms with Gasteiger partial charge in [0.2, 0.25) is 0 Å². The first-order valence-corrected chi connectivity index (χ1v) is 10.1. The lowest BCUT2D eigenvalue weighted by atomic mass is 9.43. The second kappa shape index (κ2) is 5.31. The molecule has 2 heteroatoms. The number of aliphatic hydroxyl groups is 1. The van der Waals surface area contributed by atoms with E-state index >= 15 is 0 Å². The quantitative estimate of drug-likeness (QED) is 0.767. The molecule has 0 amide bonds. The standard InChI is InChI=1S/C21H34O2/c1-4-13-15-6-5-14-16-7-8-19(23)21(16,3)11-9-17(14)20(15,2)12-10-18(13)22/h13-17,19,23H,4-12H2,1-3H3/t13-,14-,15?,16-,17-,19-,20-,21-/m0/s1. The lowest BCUT2D eigenvalue weighted by molar-refractivity contribution is -0.153. The highest BCUT2D eigenvalue weighted by molar-refractivity contribution is 5.82. The van der Waals surface area contributed by atoms with E-state index in [1.165, 1.54) is 32.1 Å². The summed E-state index contributed by atoms with van der Waals surface area (Å²) in [6, 6.07) is 0. The van der Waals surface area contributed by atoms with Crippen LogP contribution in [0.4, 0.5) is 0 Å². The van der Waals surface area contributed by atoms with Gasteiger partial charge in [-0.05, 0) is 85.9 Å². The molecule has 0 bridgehead atoms. The predicted octanol–water partition coefficient (Wildman–Crippen LogP) is 4.60. The van der Waals surface area contributed by atoms with Gasteiger partial charge in [-0.2, -0.15) is 0 Å². The number of Topliss-reactive ketones (excluding diaryl/α,β-unsaturated/α-hetero) is 1. The van der Waals surface area contributed by atoms with Gasteiger partial charge >= 0.3 is 0 Å². The third kappa shape index (κ3) is 2.06. The van der Waals surface area contributed by atoms with Crippen molar-refractivity contribution < 1.29 is 9.90 Å². The first-order valence-electron chi connectivity index (χ1n) is 10.1. The number of hydrogen-bond donors (Lipinski definition) is 1. The van der Waals surface area contributed by atoms with E-state index in [0.29, 0.717) is 23.0 Å². The molecule has 2 nitrogen and oxygen atoms in total. The zero-order valence-electron chi connectivity index (χ0n) is 15.2. The van der Waals surface area contributed by atoms with E-state index in [2.05, 4.69) is 20.8 Å². The van der Waals surface area contributed by atoms with Crippen molar-refractivity contribution in [3.8, 4) is 0 Å². The van der Waals surface area contributed by atoms with E-state index in [-0.39, 0.29) is 11.5 Å². The molecule has 0 saturated heterocycles. The summed E-state index contributed by atoms with van der Waals surface area (Å²) >= 11 is 0. The Kier molecular flexibility index (Phi) is 3.72. The van der Waals surface area contributed by atoms with Crippen LogP contribution in [0.15, 0.2) is 0 Å². The Morgan fingerprint density at radius 2 is 1.65 bits per heavy atom. The minimum Gasteiger partial charge on any atom is -0.393 e. The maximum Gasteiger partial charge on any atom is 0.136 e. The van der Waals surface area contributed by atoms with Gasteiger partial charge in [-0.25, -0.2) is 0 Å². The largest absolute Gasteiger partial charge is 0.393 e. The fourth-order valence-electron chi connectivity index (χ4n) is 7.80. The molecule has 1 unspecified atom stereocenters. The molecular weight excluding hydrogens is 284 g/mol. The van der Waals surface area contributed by atoms with Crippen LogP contribution in [0.3, 0.4) is 0 Å². The van der Waals surface area contributed by atoms with Crippen molar-refractivity contribution in [1.29, 1.82) is 0 Å². The molecule has 1 N–H and O–H groups in total. The molecule has 130 valence electrons. The summed E-state index contributed by atoms with van der Waals surface area (Å²) in [7, 11) is 0. The van der Waals surface area contributed by atoms with Gasteiger partial charge in [-0.3, -0.25) is 4.79 Å². The molecule has 0 spiro atoms. The molecule has 0 aromatic carbocycles. The van der Waals surface area contributed by atoms with Crippen molar-refractivity contribution in [2.45, 2.75) is 84.7 Å². The van der Waals surface area contributed by atoms with Crippen LogP contribution >= 0.6 is 0 Å². The fourth-order valence-corrected chi connectivity index (χ4v) is 7.80. The van der Waals surface area contributed by atoms with Crippen LogP contribution < -0.4 is 0 Å². The van der Waals surface area contributed by atoms with Gasteiger partial charge in [0.05, 0.1) is 6.10 Å². The van der Waals surface area contributed by atoms with Crippen LogP contribution in [-0.2, 0) is 4.79 Å². The van der Waals surface area contributed by atoms with Crippen LogP contribution in [0.25, 0.3) is 0 Å². The molecule has 0 aliphatic heterocycles. The van der Waals surface area contributed by atoms with Gasteiger partial charge < -0.3 is 5.11 Å². The Hall–Kier alpha value is -0.370. The maximum absolute atomic E-state index is 12.4. The summed E-state index contributed by atoms with van der Waals surface area (Å²) < 4.78 is 0. The van der Waals surface area contributed by atoms with Crippen molar-refractivity contribution in [2.24, 2.45) is 40.4 Å². The Morgan fingerprint density at radius 1 is 0.957 bits per heavy atom. The number of carbonyl (C=O) groups excluding carboxylic acids is 1. The van der Waals surface area contributed by atoms with E-state index in [1.54, 1.807) is 0 Å². The third-order valence-electron chi connectivity index (χ3n) is 9.14. The summed E-state index contributed by atoms with van der Waals surface area (Å²) in [5, 5.41) is 10.5.